The van der Waals surface area contributed by atoms with E-state index in [0.717, 1.165) is 11.3 Å². The van der Waals surface area contributed by atoms with Crippen LogP contribution in [0.5, 0.6) is 0 Å². The number of H-pyrrole nitrogens is 1. The van der Waals surface area contributed by atoms with Crippen molar-refractivity contribution in [2.24, 2.45) is 0 Å². The first-order valence-electron chi connectivity index (χ1n) is 6.26. The van der Waals surface area contributed by atoms with Crippen molar-refractivity contribution in [3.05, 3.63) is 68.6 Å². The average molecular weight is 320 g/mol. The van der Waals surface area contributed by atoms with E-state index in [9.17, 15) is 4.79 Å². The number of nitrogens with zero attached hydrogens (tertiary/aromatic N) is 2. The van der Waals surface area contributed by atoms with Gasteiger partial charge in [0.1, 0.15) is 0 Å². The first kappa shape index (κ1) is 13.9. The number of halogens is 2. The number of benzene rings is 2. The molecule has 21 heavy (non-hydrogen) atoms. The van der Waals surface area contributed by atoms with Crippen molar-refractivity contribution in [2.75, 3.05) is 0 Å². The molecule has 0 aliphatic heterocycles. The maximum Gasteiger partial charge on any atom is 0.348 e. The van der Waals surface area contributed by atoms with Crippen molar-refractivity contribution in [3.8, 4) is 17.1 Å². The van der Waals surface area contributed by atoms with E-state index in [4.69, 9.17) is 23.2 Å². The monoisotopic (exact) mass is 319 g/mol. The van der Waals surface area contributed by atoms with E-state index in [2.05, 4.69) is 10.2 Å². The summed E-state index contributed by atoms with van der Waals surface area (Å²) in [7, 11) is 0. The maximum absolute atomic E-state index is 12.0. The fourth-order valence-electron chi connectivity index (χ4n) is 2.06. The Balaban J connectivity index is 2.19. The summed E-state index contributed by atoms with van der Waals surface area (Å²) in [6.07, 6.45) is 0. The number of hydrogen-bond acceptors (Lipinski definition) is 2. The number of aromatic nitrogens is 3. The summed E-state index contributed by atoms with van der Waals surface area (Å²) < 4.78 is 1.50. The van der Waals surface area contributed by atoms with Crippen LogP contribution in [-0.2, 0) is 0 Å². The molecule has 0 amide bonds. The fraction of sp³-hybridized carbons (Fsp3) is 0.0667. The fourth-order valence-corrected chi connectivity index (χ4v) is 2.36. The Bertz CT molecular complexity index is 850. The molecule has 0 saturated carbocycles. The zero-order valence-electron chi connectivity index (χ0n) is 11.1. The maximum atomic E-state index is 12.0. The molecule has 6 heteroatoms. The molecule has 0 unspecified atom stereocenters. The molecular formula is C15H11Cl2N3O. The van der Waals surface area contributed by atoms with Gasteiger partial charge in [-0.1, -0.05) is 40.9 Å². The van der Waals surface area contributed by atoms with Crippen molar-refractivity contribution < 1.29 is 0 Å². The molecule has 0 aliphatic carbocycles. The molecule has 0 fully saturated rings. The van der Waals surface area contributed by atoms with Gasteiger partial charge < -0.3 is 0 Å². The van der Waals surface area contributed by atoms with Crippen LogP contribution in [0.25, 0.3) is 17.1 Å². The Morgan fingerprint density at radius 3 is 2.43 bits per heavy atom. The standard InChI is InChI=1S/C15H11Cl2N3O/c1-9-2-5-11(6-3-9)20-14(18-19-15(20)21)10-4-7-12(16)13(17)8-10/h2-8H,1H3,(H,19,21). The van der Waals surface area contributed by atoms with Gasteiger partial charge >= 0.3 is 5.69 Å². The van der Waals surface area contributed by atoms with Gasteiger partial charge in [-0.3, -0.25) is 0 Å². The Kier molecular flexibility index (Phi) is 3.57. The zero-order chi connectivity index (χ0) is 15.0. The highest BCUT2D eigenvalue weighted by atomic mass is 35.5. The van der Waals surface area contributed by atoms with E-state index >= 15 is 0 Å². The molecule has 1 N–H and O–H groups in total. The van der Waals surface area contributed by atoms with Gasteiger partial charge in [0, 0.05) is 5.56 Å². The van der Waals surface area contributed by atoms with Crippen LogP contribution in [0.1, 0.15) is 5.56 Å². The highest BCUT2D eigenvalue weighted by Gasteiger charge is 2.13. The summed E-state index contributed by atoms with van der Waals surface area (Å²) in [6.45, 7) is 1.99. The lowest BCUT2D eigenvalue weighted by Crippen LogP contribution is -2.15. The predicted molar refractivity (Wildman–Crippen MR) is 84.4 cm³/mol. The molecule has 1 aromatic heterocycles. The summed E-state index contributed by atoms with van der Waals surface area (Å²) in [5.41, 5.74) is 2.26. The van der Waals surface area contributed by atoms with Crippen LogP contribution in [0.3, 0.4) is 0 Å². The van der Waals surface area contributed by atoms with E-state index in [1.54, 1.807) is 18.2 Å². The SMILES string of the molecule is Cc1ccc(-n2c(-c3ccc(Cl)c(Cl)c3)n[nH]c2=O)cc1. The van der Waals surface area contributed by atoms with Gasteiger partial charge in [0.2, 0.25) is 0 Å². The molecule has 0 atom stereocenters. The van der Waals surface area contributed by atoms with Gasteiger partial charge in [0.15, 0.2) is 5.82 Å². The molecule has 106 valence electrons. The molecule has 1 heterocycles. The van der Waals surface area contributed by atoms with Crippen LogP contribution in [-0.4, -0.2) is 14.8 Å². The van der Waals surface area contributed by atoms with Gasteiger partial charge in [-0.2, -0.15) is 5.10 Å². The molecule has 0 radical (unpaired) electrons. The molecular weight excluding hydrogens is 309 g/mol. The second-order valence-corrected chi connectivity index (χ2v) is 5.47. The van der Waals surface area contributed by atoms with Crippen molar-refractivity contribution in [1.29, 1.82) is 0 Å². The summed E-state index contributed by atoms with van der Waals surface area (Å²) in [5.74, 6) is 0.488. The molecule has 2 aromatic carbocycles. The molecule has 3 aromatic rings. The number of hydrogen-bond donors (Lipinski definition) is 1. The van der Waals surface area contributed by atoms with E-state index in [1.165, 1.54) is 4.57 Å². The largest absolute Gasteiger partial charge is 0.348 e. The van der Waals surface area contributed by atoms with Gasteiger partial charge in [-0.15, -0.1) is 0 Å². The van der Waals surface area contributed by atoms with E-state index < -0.39 is 0 Å². The minimum atomic E-state index is -0.306. The number of nitrogens with one attached hydrogen (secondary N) is 1. The third-order valence-corrected chi connectivity index (χ3v) is 3.88. The normalized spacial score (nSPS) is 10.8. The van der Waals surface area contributed by atoms with E-state index in [-0.39, 0.29) is 5.69 Å². The smallest absolute Gasteiger partial charge is 0.246 e. The van der Waals surface area contributed by atoms with Gasteiger partial charge in [-0.05, 0) is 37.3 Å². The van der Waals surface area contributed by atoms with Crippen LogP contribution in [0, 0.1) is 6.92 Å². The number of aromatic amines is 1. The highest BCUT2D eigenvalue weighted by molar-refractivity contribution is 6.42. The summed E-state index contributed by atoms with van der Waals surface area (Å²) >= 11 is 12.0. The van der Waals surface area contributed by atoms with Crippen LogP contribution < -0.4 is 5.69 Å². The Morgan fingerprint density at radius 2 is 1.76 bits per heavy atom. The lowest BCUT2D eigenvalue weighted by atomic mass is 10.2. The second kappa shape index (κ2) is 5.39. The summed E-state index contributed by atoms with van der Waals surface area (Å²) in [6, 6.07) is 12.7. The topological polar surface area (TPSA) is 50.7 Å². The molecule has 0 bridgehead atoms. The summed E-state index contributed by atoms with van der Waals surface area (Å²) in [4.78, 5) is 12.0. The summed E-state index contributed by atoms with van der Waals surface area (Å²) in [5, 5.41) is 7.42. The van der Waals surface area contributed by atoms with Crippen LogP contribution >= 0.6 is 23.2 Å². The third-order valence-electron chi connectivity index (χ3n) is 3.14. The third kappa shape index (κ3) is 2.60. The first-order chi connectivity index (χ1) is 10.1. The minimum absolute atomic E-state index is 0.306. The number of rotatable bonds is 2. The quantitative estimate of drug-likeness (QED) is 0.780. The lowest BCUT2D eigenvalue weighted by molar-refractivity contribution is 0.984. The van der Waals surface area contributed by atoms with E-state index in [0.29, 0.717) is 21.4 Å². The van der Waals surface area contributed by atoms with Crippen molar-refractivity contribution in [2.45, 2.75) is 6.92 Å². The minimum Gasteiger partial charge on any atom is -0.246 e. The molecule has 4 nitrogen and oxygen atoms in total. The van der Waals surface area contributed by atoms with Gasteiger partial charge in [-0.25, -0.2) is 14.5 Å². The zero-order valence-corrected chi connectivity index (χ0v) is 12.6. The Hall–Kier alpha value is -2.04. The molecule has 0 aliphatic rings. The lowest BCUT2D eigenvalue weighted by Gasteiger charge is -2.07. The van der Waals surface area contributed by atoms with Crippen molar-refractivity contribution in [3.63, 3.8) is 0 Å². The second-order valence-electron chi connectivity index (χ2n) is 4.65. The highest BCUT2D eigenvalue weighted by Crippen LogP contribution is 2.27. The molecule has 3 rings (SSSR count). The van der Waals surface area contributed by atoms with E-state index in [1.807, 2.05) is 31.2 Å². The Morgan fingerprint density at radius 1 is 1.05 bits per heavy atom. The molecule has 0 saturated heterocycles. The van der Waals surface area contributed by atoms with Crippen LogP contribution in [0.15, 0.2) is 47.3 Å². The van der Waals surface area contributed by atoms with Crippen LogP contribution in [0.4, 0.5) is 0 Å². The average Bonchev–Trinajstić information content (AvgIpc) is 2.85. The predicted octanol–water partition coefficient (Wildman–Crippen LogP) is 3.84. The van der Waals surface area contributed by atoms with Gasteiger partial charge in [0.25, 0.3) is 0 Å². The Labute approximate surface area is 131 Å². The number of aryl methyl sites for hydroxylation is 1. The first-order valence-corrected chi connectivity index (χ1v) is 7.02. The van der Waals surface area contributed by atoms with Crippen LogP contribution in [0.2, 0.25) is 10.0 Å². The van der Waals surface area contributed by atoms with Gasteiger partial charge in [0.05, 0.1) is 15.7 Å². The molecule has 0 spiro atoms. The van der Waals surface area contributed by atoms with Crippen molar-refractivity contribution >= 4 is 23.2 Å². The van der Waals surface area contributed by atoms with Crippen molar-refractivity contribution in [1.82, 2.24) is 14.8 Å².